The summed E-state index contributed by atoms with van der Waals surface area (Å²) in [4.78, 5) is 12.5. The molecule has 7 nitrogen and oxygen atoms in total. The van der Waals surface area contributed by atoms with Gasteiger partial charge in [0.25, 0.3) is 15.9 Å². The van der Waals surface area contributed by atoms with Gasteiger partial charge in [0.1, 0.15) is 5.75 Å². The summed E-state index contributed by atoms with van der Waals surface area (Å²) in [6.07, 6.45) is 0. The third-order valence-electron chi connectivity index (χ3n) is 4.09. The molecule has 0 saturated heterocycles. The number of carbonyl (C=O) groups excluding carboxylic acids is 1. The van der Waals surface area contributed by atoms with Crippen molar-refractivity contribution >= 4 is 67.2 Å². The van der Waals surface area contributed by atoms with Gasteiger partial charge in [-0.1, -0.05) is 18.2 Å². The Morgan fingerprint density at radius 2 is 1.65 bits per heavy atom. The van der Waals surface area contributed by atoms with Crippen LogP contribution in [0, 0.1) is 3.57 Å². The van der Waals surface area contributed by atoms with E-state index in [0.29, 0.717) is 22.7 Å². The molecule has 3 aromatic carbocycles. The van der Waals surface area contributed by atoms with Crippen LogP contribution in [0.1, 0.15) is 10.4 Å². The predicted octanol–water partition coefficient (Wildman–Crippen LogP) is 4.23. The second-order valence-corrected chi connectivity index (χ2v) is 9.51. The van der Waals surface area contributed by atoms with Crippen molar-refractivity contribution in [2.75, 3.05) is 17.1 Å². The molecule has 1 amide bonds. The second-order valence-electron chi connectivity index (χ2n) is 6.25. The Balaban J connectivity index is 1.62. The van der Waals surface area contributed by atoms with Crippen LogP contribution in [0.25, 0.3) is 0 Å². The van der Waals surface area contributed by atoms with Gasteiger partial charge < -0.3 is 10.1 Å². The first-order valence-corrected chi connectivity index (χ1v) is 11.9. The van der Waals surface area contributed by atoms with Gasteiger partial charge >= 0.3 is 0 Å². The van der Waals surface area contributed by atoms with E-state index in [4.69, 9.17) is 17.0 Å². The van der Waals surface area contributed by atoms with E-state index in [0.717, 1.165) is 3.57 Å². The van der Waals surface area contributed by atoms with Crippen molar-refractivity contribution in [3.63, 3.8) is 0 Å². The number of benzene rings is 3. The summed E-state index contributed by atoms with van der Waals surface area (Å²) in [6.45, 7) is 0. The number of carbonyl (C=O) groups is 1. The molecule has 0 unspecified atom stereocenters. The third kappa shape index (κ3) is 6.15. The molecule has 3 aromatic rings. The number of sulfonamides is 1. The van der Waals surface area contributed by atoms with Crippen LogP contribution in [0.3, 0.4) is 0 Å². The highest BCUT2D eigenvalue weighted by Gasteiger charge is 2.15. The summed E-state index contributed by atoms with van der Waals surface area (Å²) in [5.41, 5.74) is 1.44. The number of rotatable bonds is 6. The van der Waals surface area contributed by atoms with E-state index in [-0.39, 0.29) is 15.9 Å². The first-order chi connectivity index (χ1) is 14.8. The topological polar surface area (TPSA) is 96.5 Å². The van der Waals surface area contributed by atoms with E-state index in [2.05, 4.69) is 37.9 Å². The van der Waals surface area contributed by atoms with Gasteiger partial charge in [0.2, 0.25) is 0 Å². The van der Waals surface area contributed by atoms with E-state index in [1.54, 1.807) is 67.8 Å². The number of amides is 1. The number of para-hydroxylation sites is 1. The highest BCUT2D eigenvalue weighted by Crippen LogP contribution is 2.22. The molecular formula is C21H18IN3O4S2. The Labute approximate surface area is 199 Å². The zero-order valence-electron chi connectivity index (χ0n) is 16.3. The van der Waals surface area contributed by atoms with Crippen molar-refractivity contribution in [1.82, 2.24) is 5.32 Å². The maximum Gasteiger partial charge on any atom is 0.261 e. The number of methoxy groups -OCH3 is 1. The molecule has 0 spiro atoms. The smallest absolute Gasteiger partial charge is 0.261 e. The summed E-state index contributed by atoms with van der Waals surface area (Å²) < 4.78 is 33.5. The van der Waals surface area contributed by atoms with Crippen LogP contribution in [0.5, 0.6) is 5.75 Å². The van der Waals surface area contributed by atoms with E-state index >= 15 is 0 Å². The van der Waals surface area contributed by atoms with Crippen molar-refractivity contribution < 1.29 is 17.9 Å². The van der Waals surface area contributed by atoms with Gasteiger partial charge in [-0.2, -0.15) is 0 Å². The molecule has 0 fully saturated rings. The van der Waals surface area contributed by atoms with Crippen LogP contribution >= 0.6 is 34.8 Å². The molecule has 31 heavy (non-hydrogen) atoms. The predicted molar refractivity (Wildman–Crippen MR) is 133 cm³/mol. The quantitative estimate of drug-likeness (QED) is 0.305. The van der Waals surface area contributed by atoms with Crippen LogP contribution in [-0.4, -0.2) is 26.5 Å². The fraction of sp³-hybridized carbons (Fsp3) is 0.0476. The van der Waals surface area contributed by atoms with Gasteiger partial charge in [-0.25, -0.2) is 8.42 Å². The van der Waals surface area contributed by atoms with Gasteiger partial charge in [0.15, 0.2) is 5.11 Å². The molecular weight excluding hydrogens is 549 g/mol. The Morgan fingerprint density at radius 3 is 2.26 bits per heavy atom. The average Bonchev–Trinajstić information content (AvgIpc) is 2.74. The van der Waals surface area contributed by atoms with Crippen LogP contribution < -0.4 is 20.1 Å². The minimum atomic E-state index is -3.71. The molecule has 0 aliphatic rings. The molecule has 0 atom stereocenters. The minimum absolute atomic E-state index is 0.0915. The molecule has 3 N–H and O–H groups in total. The van der Waals surface area contributed by atoms with Crippen LogP contribution in [0.2, 0.25) is 0 Å². The van der Waals surface area contributed by atoms with E-state index < -0.39 is 10.0 Å². The molecule has 0 saturated carbocycles. The van der Waals surface area contributed by atoms with Gasteiger partial charge in [-0.05, 0) is 89.4 Å². The maximum absolute atomic E-state index is 12.5. The van der Waals surface area contributed by atoms with Crippen LogP contribution in [0.4, 0.5) is 11.4 Å². The first kappa shape index (κ1) is 23.0. The Bertz CT molecular complexity index is 1200. The number of halogens is 1. The zero-order valence-corrected chi connectivity index (χ0v) is 20.0. The molecule has 0 heterocycles. The number of anilines is 2. The van der Waals surface area contributed by atoms with E-state index in [1.165, 1.54) is 12.1 Å². The Morgan fingerprint density at radius 1 is 0.968 bits per heavy atom. The fourth-order valence-electron chi connectivity index (χ4n) is 2.58. The molecule has 10 heteroatoms. The molecule has 160 valence electrons. The van der Waals surface area contributed by atoms with Gasteiger partial charge in [0, 0.05) is 16.9 Å². The Hall–Kier alpha value is -2.70. The van der Waals surface area contributed by atoms with E-state index in [1.807, 2.05) is 0 Å². The molecule has 0 radical (unpaired) electrons. The SMILES string of the molecule is COc1ccc(C(=O)NC(=S)Nc2ccc(S(=O)(=O)Nc3ccccc3)cc2)cc1I. The monoisotopic (exact) mass is 567 g/mol. The lowest BCUT2D eigenvalue weighted by Crippen LogP contribution is -2.34. The highest BCUT2D eigenvalue weighted by atomic mass is 127. The molecule has 3 rings (SSSR count). The van der Waals surface area contributed by atoms with Gasteiger partial charge in [-0.15, -0.1) is 0 Å². The van der Waals surface area contributed by atoms with Crippen LogP contribution in [-0.2, 0) is 10.0 Å². The maximum atomic E-state index is 12.5. The number of thiocarbonyl (C=S) groups is 1. The van der Waals surface area contributed by atoms with Gasteiger partial charge in [-0.3, -0.25) is 14.8 Å². The van der Waals surface area contributed by atoms with Crippen LogP contribution in [0.15, 0.2) is 77.7 Å². The van der Waals surface area contributed by atoms with Gasteiger partial charge in [0.05, 0.1) is 15.6 Å². The first-order valence-electron chi connectivity index (χ1n) is 8.92. The van der Waals surface area contributed by atoms with Crippen molar-refractivity contribution in [2.24, 2.45) is 0 Å². The lowest BCUT2D eigenvalue weighted by atomic mass is 10.2. The fourth-order valence-corrected chi connectivity index (χ4v) is 4.59. The Kier molecular flexibility index (Phi) is 7.46. The van der Waals surface area contributed by atoms with Crippen molar-refractivity contribution in [3.05, 3.63) is 81.9 Å². The van der Waals surface area contributed by atoms with E-state index in [9.17, 15) is 13.2 Å². The number of ether oxygens (including phenoxy) is 1. The lowest BCUT2D eigenvalue weighted by molar-refractivity contribution is 0.0977. The molecule has 0 aromatic heterocycles. The zero-order chi connectivity index (χ0) is 22.4. The standard InChI is InChI=1S/C21H18IN3O4S2/c1-29-19-12-7-14(13-18(19)22)20(26)24-21(30)23-15-8-10-17(11-9-15)31(27,28)25-16-5-3-2-4-6-16/h2-13,25H,1H3,(H2,23,24,26,30). The van der Waals surface area contributed by atoms with Crippen molar-refractivity contribution in [3.8, 4) is 5.75 Å². The summed E-state index contributed by atoms with van der Waals surface area (Å²) in [6, 6.07) is 19.7. The summed E-state index contributed by atoms with van der Waals surface area (Å²) >= 11 is 7.27. The number of nitrogens with one attached hydrogen (secondary N) is 3. The summed E-state index contributed by atoms with van der Waals surface area (Å²) in [5, 5.41) is 5.55. The third-order valence-corrected chi connectivity index (χ3v) is 6.53. The molecule has 0 aliphatic carbocycles. The average molecular weight is 567 g/mol. The minimum Gasteiger partial charge on any atom is -0.496 e. The number of hydrogen-bond donors (Lipinski definition) is 3. The van der Waals surface area contributed by atoms with Crippen molar-refractivity contribution in [1.29, 1.82) is 0 Å². The highest BCUT2D eigenvalue weighted by molar-refractivity contribution is 14.1. The second kappa shape index (κ2) is 10.1. The lowest BCUT2D eigenvalue weighted by Gasteiger charge is -2.12. The van der Waals surface area contributed by atoms with Crippen molar-refractivity contribution in [2.45, 2.75) is 4.90 Å². The summed E-state index contributed by atoms with van der Waals surface area (Å²) in [7, 11) is -2.15. The largest absolute Gasteiger partial charge is 0.496 e. The number of hydrogen-bond acceptors (Lipinski definition) is 5. The summed E-state index contributed by atoms with van der Waals surface area (Å²) in [5.74, 6) is 0.305. The molecule has 0 bridgehead atoms. The molecule has 0 aliphatic heterocycles. The normalized spacial score (nSPS) is 10.8.